The lowest BCUT2D eigenvalue weighted by atomic mass is 9.88. The highest BCUT2D eigenvalue weighted by Crippen LogP contribution is 2.34. The number of nitrogens with zero attached hydrogens (tertiary/aromatic N) is 2. The molecule has 0 aliphatic carbocycles. The summed E-state index contributed by atoms with van der Waals surface area (Å²) in [4.78, 5) is 18.5. The van der Waals surface area contributed by atoms with Crippen molar-refractivity contribution in [2.75, 3.05) is 11.5 Å². The molecule has 4 rings (SSSR count). The molecule has 2 aromatic carbocycles. The fraction of sp³-hybridized carbons (Fsp3) is 0.429. The Labute approximate surface area is 225 Å². The minimum atomic E-state index is -4.53. The maximum absolute atomic E-state index is 13.5. The van der Waals surface area contributed by atoms with E-state index in [1.54, 1.807) is 6.92 Å². The van der Waals surface area contributed by atoms with Gasteiger partial charge >= 0.3 is 12.1 Å². The first-order chi connectivity index (χ1) is 18.2. The van der Waals surface area contributed by atoms with Crippen molar-refractivity contribution >= 4 is 23.6 Å². The fourth-order valence-electron chi connectivity index (χ4n) is 4.95. The lowest BCUT2D eigenvalue weighted by Crippen LogP contribution is -2.53. The molecule has 6 nitrogen and oxygen atoms in total. The summed E-state index contributed by atoms with van der Waals surface area (Å²) in [5, 5.41) is 3.70. The predicted molar refractivity (Wildman–Crippen MR) is 139 cm³/mol. The van der Waals surface area contributed by atoms with Crippen molar-refractivity contribution in [3.63, 3.8) is 0 Å². The predicted octanol–water partition coefficient (Wildman–Crippen LogP) is 6.67. The number of oxazole rings is 1. The van der Waals surface area contributed by atoms with E-state index >= 15 is 0 Å². The van der Waals surface area contributed by atoms with Crippen molar-refractivity contribution in [3.05, 3.63) is 82.2 Å². The van der Waals surface area contributed by atoms with Gasteiger partial charge in [-0.2, -0.15) is 18.2 Å². The first-order valence-electron chi connectivity index (χ1n) is 12.7. The number of esters is 1. The molecule has 0 saturated carbocycles. The van der Waals surface area contributed by atoms with E-state index in [2.05, 4.69) is 29.4 Å². The van der Waals surface area contributed by atoms with Crippen LogP contribution in [0.2, 0.25) is 5.02 Å². The Hall–Kier alpha value is -3.04. The number of ether oxygens (including phenoxy) is 1. The van der Waals surface area contributed by atoms with E-state index < -0.39 is 17.7 Å². The van der Waals surface area contributed by atoms with E-state index in [4.69, 9.17) is 20.8 Å². The van der Waals surface area contributed by atoms with Crippen LogP contribution in [-0.4, -0.2) is 35.7 Å². The van der Waals surface area contributed by atoms with Gasteiger partial charge in [0, 0.05) is 29.7 Å². The summed E-state index contributed by atoms with van der Waals surface area (Å²) >= 11 is 6.08. The molecule has 1 aliphatic rings. The van der Waals surface area contributed by atoms with Gasteiger partial charge in [0.05, 0.1) is 12.2 Å². The van der Waals surface area contributed by atoms with Gasteiger partial charge in [0.2, 0.25) is 0 Å². The Kier molecular flexibility index (Phi) is 8.99. The number of halogens is 4. The smallest absolute Gasteiger partial charge is 0.416 e. The fourth-order valence-corrected chi connectivity index (χ4v) is 5.21. The number of alkyl halides is 3. The SMILES string of the molecule is CCOC(=O)c1coc(N(Cc2cc(Cl)cc(C(F)(F)F)c2)C2CC(CC)NC(Cc3ccccc3)C2)n1. The van der Waals surface area contributed by atoms with Crippen LogP contribution >= 0.6 is 11.6 Å². The van der Waals surface area contributed by atoms with Gasteiger partial charge in [0.15, 0.2) is 5.69 Å². The van der Waals surface area contributed by atoms with E-state index in [1.807, 2.05) is 23.1 Å². The van der Waals surface area contributed by atoms with E-state index in [-0.39, 0.29) is 48.0 Å². The van der Waals surface area contributed by atoms with Crippen LogP contribution in [0.3, 0.4) is 0 Å². The van der Waals surface area contributed by atoms with Crippen LogP contribution in [0.5, 0.6) is 0 Å². The number of rotatable bonds is 9. The van der Waals surface area contributed by atoms with E-state index in [9.17, 15) is 18.0 Å². The summed E-state index contributed by atoms with van der Waals surface area (Å²) in [6.07, 6.45) is -0.200. The first-order valence-corrected chi connectivity index (χ1v) is 13.1. The summed E-state index contributed by atoms with van der Waals surface area (Å²) in [5.74, 6) is -0.622. The van der Waals surface area contributed by atoms with Crippen LogP contribution in [-0.2, 0) is 23.9 Å². The van der Waals surface area contributed by atoms with Crippen LogP contribution < -0.4 is 10.2 Å². The summed E-state index contributed by atoms with van der Waals surface area (Å²) < 4.78 is 51.3. The van der Waals surface area contributed by atoms with Crippen molar-refractivity contribution < 1.29 is 27.1 Å². The second kappa shape index (κ2) is 12.2. The van der Waals surface area contributed by atoms with Crippen LogP contribution in [0.4, 0.5) is 19.2 Å². The Bertz CT molecular complexity index is 1220. The molecule has 10 heteroatoms. The molecule has 1 saturated heterocycles. The van der Waals surface area contributed by atoms with Gasteiger partial charge in [-0.1, -0.05) is 48.9 Å². The summed E-state index contributed by atoms with van der Waals surface area (Å²) in [7, 11) is 0. The number of carbonyl (C=O) groups excluding carboxylic acids is 1. The Balaban J connectivity index is 1.67. The zero-order chi connectivity index (χ0) is 27.3. The lowest BCUT2D eigenvalue weighted by Gasteiger charge is -2.41. The topological polar surface area (TPSA) is 67.6 Å². The van der Waals surface area contributed by atoms with Gasteiger partial charge in [0.25, 0.3) is 6.01 Å². The van der Waals surface area contributed by atoms with Crippen LogP contribution in [0, 0.1) is 0 Å². The molecular weight excluding hydrogens is 519 g/mol. The lowest BCUT2D eigenvalue weighted by molar-refractivity contribution is -0.137. The number of benzene rings is 2. The van der Waals surface area contributed by atoms with E-state index in [1.165, 1.54) is 17.9 Å². The highest BCUT2D eigenvalue weighted by Gasteiger charge is 2.35. The number of carbonyl (C=O) groups is 1. The third kappa shape index (κ3) is 7.08. The molecule has 1 aromatic heterocycles. The number of nitrogens with one attached hydrogen (secondary N) is 1. The van der Waals surface area contributed by atoms with Gasteiger partial charge in [0.1, 0.15) is 6.26 Å². The number of anilines is 1. The highest BCUT2D eigenvalue weighted by atomic mass is 35.5. The quantitative estimate of drug-likeness (QED) is 0.301. The number of piperidine rings is 1. The Morgan fingerprint density at radius 1 is 1.13 bits per heavy atom. The maximum atomic E-state index is 13.5. The van der Waals surface area contributed by atoms with E-state index in [0.717, 1.165) is 31.4 Å². The van der Waals surface area contributed by atoms with Gasteiger partial charge in [-0.05, 0) is 61.9 Å². The molecule has 3 atom stereocenters. The first kappa shape index (κ1) is 28.0. The molecule has 2 heterocycles. The molecule has 3 aromatic rings. The van der Waals surface area contributed by atoms with Crippen molar-refractivity contribution in [1.82, 2.24) is 10.3 Å². The summed E-state index contributed by atoms with van der Waals surface area (Å²) in [6, 6.07) is 14.0. The van der Waals surface area contributed by atoms with Crippen LogP contribution in [0.15, 0.2) is 59.2 Å². The summed E-state index contributed by atoms with van der Waals surface area (Å²) in [6.45, 7) is 4.04. The molecule has 204 valence electrons. The van der Waals surface area contributed by atoms with Gasteiger partial charge in [-0.25, -0.2) is 4.79 Å². The molecule has 1 aliphatic heterocycles. The minimum absolute atomic E-state index is 0.00640. The van der Waals surface area contributed by atoms with Crippen LogP contribution in [0.1, 0.15) is 60.3 Å². The van der Waals surface area contributed by atoms with Crippen molar-refractivity contribution in [3.8, 4) is 0 Å². The van der Waals surface area contributed by atoms with Crippen molar-refractivity contribution in [2.24, 2.45) is 0 Å². The second-order valence-electron chi connectivity index (χ2n) is 9.49. The molecule has 0 spiro atoms. The molecule has 0 bridgehead atoms. The highest BCUT2D eigenvalue weighted by molar-refractivity contribution is 6.30. The normalized spacial score (nSPS) is 19.8. The molecule has 38 heavy (non-hydrogen) atoms. The van der Waals surface area contributed by atoms with Crippen molar-refractivity contribution in [1.29, 1.82) is 0 Å². The maximum Gasteiger partial charge on any atom is 0.416 e. The van der Waals surface area contributed by atoms with E-state index in [0.29, 0.717) is 12.0 Å². The zero-order valence-corrected chi connectivity index (χ0v) is 22.1. The largest absolute Gasteiger partial charge is 0.461 e. The zero-order valence-electron chi connectivity index (χ0n) is 21.3. The monoisotopic (exact) mass is 549 g/mol. The number of hydrogen-bond acceptors (Lipinski definition) is 6. The molecule has 1 N–H and O–H groups in total. The number of aromatic nitrogens is 1. The van der Waals surface area contributed by atoms with Crippen molar-refractivity contribution in [2.45, 2.75) is 70.4 Å². The standard InChI is InChI=1S/C28H31ClF3N3O3/c1-3-22-14-24(15-23(33-22)12-18-8-6-5-7-9-18)35(27-34-25(17-38-27)26(36)37-4-2)16-19-10-20(28(30,31)32)13-21(29)11-19/h5-11,13,17,22-24,33H,3-4,12,14-16H2,1-2H3. The van der Waals surface area contributed by atoms with Gasteiger partial charge in [-0.15, -0.1) is 0 Å². The average molecular weight is 550 g/mol. The summed E-state index contributed by atoms with van der Waals surface area (Å²) in [5.41, 5.74) is 0.748. The average Bonchev–Trinajstić information content (AvgIpc) is 3.37. The Morgan fingerprint density at radius 2 is 1.87 bits per heavy atom. The minimum Gasteiger partial charge on any atom is -0.461 e. The molecular formula is C28H31ClF3N3O3. The molecule has 1 fully saturated rings. The Morgan fingerprint density at radius 3 is 2.55 bits per heavy atom. The third-order valence-electron chi connectivity index (χ3n) is 6.70. The second-order valence-corrected chi connectivity index (χ2v) is 9.93. The van der Waals surface area contributed by atoms with Gasteiger partial charge in [-0.3, -0.25) is 0 Å². The van der Waals surface area contributed by atoms with Gasteiger partial charge < -0.3 is 19.4 Å². The molecule has 0 radical (unpaired) electrons. The van der Waals surface area contributed by atoms with Crippen LogP contribution in [0.25, 0.3) is 0 Å². The molecule has 3 unspecified atom stereocenters. The third-order valence-corrected chi connectivity index (χ3v) is 6.92. The molecule has 0 amide bonds. The number of hydrogen-bond donors (Lipinski definition) is 1.